The maximum absolute atomic E-state index is 12.6. The van der Waals surface area contributed by atoms with Crippen molar-refractivity contribution in [3.8, 4) is 0 Å². The number of benzene rings is 3. The fraction of sp³-hybridized carbons (Fsp3) is 0.286. The third kappa shape index (κ3) is 5.91. The van der Waals surface area contributed by atoms with Crippen LogP contribution in [0.1, 0.15) is 11.1 Å². The first-order valence-corrected chi connectivity index (χ1v) is 12.2. The van der Waals surface area contributed by atoms with Gasteiger partial charge in [0.1, 0.15) is 6.61 Å². The zero-order valence-electron chi connectivity index (χ0n) is 20.1. The molecule has 1 N–H and O–H groups in total. The van der Waals surface area contributed by atoms with Crippen molar-refractivity contribution in [3.63, 3.8) is 0 Å². The molecule has 0 bridgehead atoms. The van der Waals surface area contributed by atoms with E-state index >= 15 is 0 Å². The van der Waals surface area contributed by atoms with Gasteiger partial charge in [-0.05, 0) is 35.4 Å². The van der Waals surface area contributed by atoms with Crippen LogP contribution in [0.25, 0.3) is 0 Å². The Balaban J connectivity index is 1.20. The number of nitrogens with one attached hydrogen (secondary N) is 1. The number of nitrogens with zero attached hydrogens (tertiary/aromatic N) is 3. The molecule has 2 aliphatic rings. The highest BCUT2D eigenvalue weighted by molar-refractivity contribution is 5.95. The molecule has 1 atom stereocenters. The monoisotopic (exact) mass is 486 g/mol. The molecule has 2 saturated heterocycles. The zero-order chi connectivity index (χ0) is 24.7. The van der Waals surface area contributed by atoms with E-state index in [9.17, 15) is 9.59 Å². The molecule has 2 aliphatic heterocycles. The van der Waals surface area contributed by atoms with Gasteiger partial charge in [0, 0.05) is 31.0 Å². The van der Waals surface area contributed by atoms with Crippen LogP contribution in [-0.2, 0) is 27.4 Å². The van der Waals surface area contributed by atoms with Crippen molar-refractivity contribution < 1.29 is 19.1 Å². The number of anilines is 2. The fourth-order valence-corrected chi connectivity index (χ4v) is 4.47. The van der Waals surface area contributed by atoms with E-state index in [4.69, 9.17) is 9.47 Å². The highest BCUT2D eigenvalue weighted by Crippen LogP contribution is 2.25. The summed E-state index contributed by atoms with van der Waals surface area (Å²) in [4.78, 5) is 30.3. The molecule has 0 aliphatic carbocycles. The van der Waals surface area contributed by atoms with E-state index < -0.39 is 6.23 Å². The topological polar surface area (TPSA) is 74.3 Å². The summed E-state index contributed by atoms with van der Waals surface area (Å²) >= 11 is 0. The Morgan fingerprint density at radius 1 is 0.806 bits per heavy atom. The number of ether oxygens (including phenoxy) is 2. The molecule has 36 heavy (non-hydrogen) atoms. The lowest BCUT2D eigenvalue weighted by Gasteiger charge is -2.27. The van der Waals surface area contributed by atoms with Crippen LogP contribution in [-0.4, -0.2) is 56.1 Å². The van der Waals surface area contributed by atoms with Crippen LogP contribution in [0.5, 0.6) is 0 Å². The second-order valence-corrected chi connectivity index (χ2v) is 8.92. The quantitative estimate of drug-likeness (QED) is 0.466. The number of carbonyl (C=O) groups is 2. The van der Waals surface area contributed by atoms with Crippen molar-refractivity contribution in [2.75, 3.05) is 42.8 Å². The minimum atomic E-state index is -0.424. The fourth-order valence-electron chi connectivity index (χ4n) is 4.47. The highest BCUT2D eigenvalue weighted by atomic mass is 16.6. The van der Waals surface area contributed by atoms with E-state index in [-0.39, 0.29) is 18.6 Å². The van der Waals surface area contributed by atoms with Crippen molar-refractivity contribution in [1.82, 2.24) is 10.2 Å². The first kappa shape index (κ1) is 24.0. The van der Waals surface area contributed by atoms with Crippen molar-refractivity contribution in [2.24, 2.45) is 0 Å². The molecule has 2 heterocycles. The largest absolute Gasteiger partial charge is 0.428 e. The molecular formula is C28H30N4O4. The normalized spacial score (nSPS) is 18.1. The van der Waals surface area contributed by atoms with E-state index in [1.165, 1.54) is 11.1 Å². The van der Waals surface area contributed by atoms with Gasteiger partial charge in [-0.25, -0.2) is 4.79 Å². The van der Waals surface area contributed by atoms with Crippen LogP contribution < -0.4 is 15.1 Å². The molecule has 8 nitrogen and oxygen atoms in total. The number of amides is 2. The molecular weight excluding hydrogens is 456 g/mol. The van der Waals surface area contributed by atoms with Gasteiger partial charge in [-0.15, -0.1) is 0 Å². The highest BCUT2D eigenvalue weighted by Gasteiger charge is 2.32. The van der Waals surface area contributed by atoms with Gasteiger partial charge >= 0.3 is 6.09 Å². The Kier molecular flexibility index (Phi) is 7.56. The summed E-state index contributed by atoms with van der Waals surface area (Å²) in [5, 5.41) is 3.40. The summed E-state index contributed by atoms with van der Waals surface area (Å²) in [7, 11) is 0. The van der Waals surface area contributed by atoms with E-state index in [2.05, 4.69) is 34.5 Å². The summed E-state index contributed by atoms with van der Waals surface area (Å²) in [5.41, 5.74) is 3.98. The van der Waals surface area contributed by atoms with Gasteiger partial charge in [0.05, 0.1) is 19.8 Å². The van der Waals surface area contributed by atoms with Crippen molar-refractivity contribution in [3.05, 3.63) is 96.1 Å². The van der Waals surface area contributed by atoms with Gasteiger partial charge in [0.2, 0.25) is 0 Å². The van der Waals surface area contributed by atoms with E-state index in [0.717, 1.165) is 24.5 Å². The summed E-state index contributed by atoms with van der Waals surface area (Å²) in [6.45, 7) is 3.65. The zero-order valence-corrected chi connectivity index (χ0v) is 20.1. The molecule has 0 saturated carbocycles. The average Bonchev–Trinajstić information content (AvgIpc) is 3.29. The van der Waals surface area contributed by atoms with Crippen LogP contribution >= 0.6 is 0 Å². The van der Waals surface area contributed by atoms with Gasteiger partial charge in [-0.1, -0.05) is 60.7 Å². The van der Waals surface area contributed by atoms with Gasteiger partial charge in [0.15, 0.2) is 6.23 Å². The van der Waals surface area contributed by atoms with Crippen molar-refractivity contribution in [1.29, 1.82) is 0 Å². The molecule has 2 fully saturated rings. The Morgan fingerprint density at radius 3 is 1.97 bits per heavy atom. The first-order chi connectivity index (χ1) is 17.7. The molecule has 1 unspecified atom stereocenters. The third-order valence-electron chi connectivity index (χ3n) is 6.31. The summed E-state index contributed by atoms with van der Waals surface area (Å²) in [5.74, 6) is -0.0607. The van der Waals surface area contributed by atoms with Crippen LogP contribution in [0.2, 0.25) is 0 Å². The van der Waals surface area contributed by atoms with Gasteiger partial charge < -0.3 is 14.4 Å². The van der Waals surface area contributed by atoms with E-state index in [1.54, 1.807) is 9.80 Å². The van der Waals surface area contributed by atoms with Crippen molar-refractivity contribution in [2.45, 2.75) is 19.3 Å². The molecule has 8 heteroatoms. The lowest BCUT2D eigenvalue weighted by Crippen LogP contribution is -2.41. The predicted octanol–water partition coefficient (Wildman–Crippen LogP) is 3.58. The maximum Gasteiger partial charge on any atom is 0.416 e. The number of carbonyl (C=O) groups excluding carboxylic acids is 2. The van der Waals surface area contributed by atoms with Gasteiger partial charge in [-0.2, -0.15) is 0 Å². The third-order valence-corrected chi connectivity index (χ3v) is 6.31. The maximum atomic E-state index is 12.6. The number of cyclic esters (lactones) is 1. The van der Waals surface area contributed by atoms with E-state index in [0.29, 0.717) is 26.4 Å². The predicted molar refractivity (Wildman–Crippen MR) is 137 cm³/mol. The summed E-state index contributed by atoms with van der Waals surface area (Å²) < 4.78 is 10.8. The minimum absolute atomic E-state index is 0.0607. The first-order valence-electron chi connectivity index (χ1n) is 12.2. The molecule has 186 valence electrons. The lowest BCUT2D eigenvalue weighted by molar-refractivity contribution is -0.125. The van der Waals surface area contributed by atoms with Crippen LogP contribution in [0.15, 0.2) is 84.9 Å². The molecule has 0 aromatic heterocycles. The lowest BCUT2D eigenvalue weighted by atomic mass is 10.2. The van der Waals surface area contributed by atoms with Gasteiger partial charge in [0.25, 0.3) is 5.91 Å². The Labute approximate surface area is 211 Å². The minimum Gasteiger partial charge on any atom is -0.428 e. The number of rotatable bonds is 9. The second-order valence-electron chi connectivity index (χ2n) is 8.92. The SMILES string of the molecule is O=C1COCCN1c1ccc(N2CC(NCN(Cc3ccccc3)Cc3ccccc3)OC2=O)cc1. The molecule has 2 amide bonds. The number of hydrogen-bond donors (Lipinski definition) is 1. The van der Waals surface area contributed by atoms with Crippen LogP contribution in [0, 0.1) is 0 Å². The Hall–Kier alpha value is -3.72. The standard InChI is InChI=1S/C28H30N4O4/c33-27-20-35-16-15-31(27)24-11-13-25(14-12-24)32-19-26(36-28(32)34)29-21-30(17-22-7-3-1-4-8-22)18-23-9-5-2-6-10-23/h1-14,26,29H,15-21H2. The number of morpholine rings is 1. The molecule has 3 aromatic carbocycles. The van der Waals surface area contributed by atoms with Gasteiger partial charge in [-0.3, -0.25) is 19.9 Å². The summed E-state index contributed by atoms with van der Waals surface area (Å²) in [6, 6.07) is 28.1. The van der Waals surface area contributed by atoms with Crippen LogP contribution in [0.3, 0.4) is 0 Å². The smallest absolute Gasteiger partial charge is 0.416 e. The molecule has 5 rings (SSSR count). The number of hydrogen-bond acceptors (Lipinski definition) is 6. The molecule has 0 spiro atoms. The Morgan fingerprint density at radius 2 is 1.39 bits per heavy atom. The summed E-state index contributed by atoms with van der Waals surface area (Å²) in [6.07, 6.45) is -0.813. The molecule has 3 aromatic rings. The second kappa shape index (κ2) is 11.3. The van der Waals surface area contributed by atoms with E-state index in [1.807, 2.05) is 60.7 Å². The van der Waals surface area contributed by atoms with Crippen LogP contribution in [0.4, 0.5) is 16.2 Å². The molecule has 0 radical (unpaired) electrons. The average molecular weight is 487 g/mol. The Bertz CT molecular complexity index is 1120. The van der Waals surface area contributed by atoms with Crippen molar-refractivity contribution >= 4 is 23.4 Å².